The second-order valence-corrected chi connectivity index (χ2v) is 8.13. The minimum absolute atomic E-state index is 0.0149. The quantitative estimate of drug-likeness (QED) is 0.332. The van der Waals surface area contributed by atoms with Crippen molar-refractivity contribution in [1.82, 2.24) is 19.7 Å². The Balaban J connectivity index is 1.54. The van der Waals surface area contributed by atoms with Crippen LogP contribution < -0.4 is 5.32 Å². The fourth-order valence-corrected chi connectivity index (χ4v) is 3.85. The third kappa shape index (κ3) is 4.92. The van der Waals surface area contributed by atoms with E-state index >= 15 is 0 Å². The SMILES string of the molecule is CC(=O)c1ccc(NC(=O)CSc2nnc(-c3ccncc3)n2-c2ccc(C)cc2)cc1. The maximum Gasteiger partial charge on any atom is 0.234 e. The summed E-state index contributed by atoms with van der Waals surface area (Å²) in [6.07, 6.45) is 3.42. The van der Waals surface area contributed by atoms with Crippen molar-refractivity contribution in [3.05, 3.63) is 84.2 Å². The number of carbonyl (C=O) groups is 2. The van der Waals surface area contributed by atoms with Crippen LogP contribution in [-0.2, 0) is 4.79 Å². The second-order valence-electron chi connectivity index (χ2n) is 7.18. The number of thioether (sulfide) groups is 1. The summed E-state index contributed by atoms with van der Waals surface area (Å²) in [5.74, 6) is 0.654. The number of rotatable bonds is 7. The zero-order chi connectivity index (χ0) is 22.5. The Bertz CT molecular complexity index is 1240. The van der Waals surface area contributed by atoms with E-state index in [0.29, 0.717) is 22.2 Å². The molecule has 0 saturated heterocycles. The van der Waals surface area contributed by atoms with Gasteiger partial charge >= 0.3 is 0 Å². The Morgan fingerprint density at radius 1 is 0.938 bits per heavy atom. The Morgan fingerprint density at radius 3 is 2.28 bits per heavy atom. The van der Waals surface area contributed by atoms with Crippen LogP contribution >= 0.6 is 11.8 Å². The van der Waals surface area contributed by atoms with E-state index in [9.17, 15) is 9.59 Å². The van der Waals surface area contributed by atoms with Crippen LogP contribution in [0.5, 0.6) is 0 Å². The van der Waals surface area contributed by atoms with Crippen molar-refractivity contribution in [2.75, 3.05) is 11.1 Å². The summed E-state index contributed by atoms with van der Waals surface area (Å²) in [4.78, 5) is 28.0. The molecule has 0 aliphatic carbocycles. The van der Waals surface area contributed by atoms with Crippen LogP contribution in [0, 0.1) is 6.92 Å². The highest BCUT2D eigenvalue weighted by atomic mass is 32.2. The van der Waals surface area contributed by atoms with Gasteiger partial charge in [0, 0.05) is 34.9 Å². The van der Waals surface area contributed by atoms with Gasteiger partial charge in [0.15, 0.2) is 16.8 Å². The normalized spacial score (nSPS) is 10.7. The molecule has 160 valence electrons. The van der Waals surface area contributed by atoms with Gasteiger partial charge < -0.3 is 5.32 Å². The lowest BCUT2D eigenvalue weighted by Crippen LogP contribution is -2.14. The molecule has 0 fully saturated rings. The van der Waals surface area contributed by atoms with Gasteiger partial charge in [0.05, 0.1) is 5.75 Å². The number of hydrogen-bond donors (Lipinski definition) is 1. The van der Waals surface area contributed by atoms with Crippen LogP contribution in [-0.4, -0.2) is 37.2 Å². The lowest BCUT2D eigenvalue weighted by atomic mass is 10.1. The zero-order valence-corrected chi connectivity index (χ0v) is 18.5. The molecular formula is C24H21N5O2S. The summed E-state index contributed by atoms with van der Waals surface area (Å²) in [5.41, 5.74) is 4.19. The highest BCUT2D eigenvalue weighted by molar-refractivity contribution is 7.99. The van der Waals surface area contributed by atoms with Gasteiger partial charge in [-0.3, -0.25) is 19.1 Å². The van der Waals surface area contributed by atoms with E-state index in [1.165, 1.54) is 18.7 Å². The minimum atomic E-state index is -0.172. The second kappa shape index (κ2) is 9.57. The third-order valence-electron chi connectivity index (χ3n) is 4.77. The Hall–Kier alpha value is -3.78. The molecular weight excluding hydrogens is 422 g/mol. The molecule has 0 spiro atoms. The molecule has 1 amide bonds. The van der Waals surface area contributed by atoms with Gasteiger partial charge in [-0.1, -0.05) is 29.5 Å². The van der Waals surface area contributed by atoms with Crippen molar-refractivity contribution in [3.8, 4) is 17.1 Å². The highest BCUT2D eigenvalue weighted by Gasteiger charge is 2.17. The fraction of sp³-hybridized carbons (Fsp3) is 0.125. The lowest BCUT2D eigenvalue weighted by Gasteiger charge is -2.11. The number of nitrogens with zero attached hydrogens (tertiary/aromatic N) is 4. The van der Waals surface area contributed by atoms with E-state index in [1.54, 1.807) is 36.7 Å². The molecule has 2 aromatic heterocycles. The molecule has 4 aromatic rings. The summed E-state index contributed by atoms with van der Waals surface area (Å²) < 4.78 is 1.94. The predicted octanol–water partition coefficient (Wildman–Crippen LogP) is 4.57. The smallest absolute Gasteiger partial charge is 0.234 e. The molecule has 2 aromatic carbocycles. The topological polar surface area (TPSA) is 89.8 Å². The molecule has 4 rings (SSSR count). The van der Waals surface area contributed by atoms with E-state index in [1.807, 2.05) is 47.9 Å². The molecule has 7 nitrogen and oxygen atoms in total. The molecule has 0 atom stereocenters. The lowest BCUT2D eigenvalue weighted by molar-refractivity contribution is -0.113. The number of aromatic nitrogens is 4. The first-order chi connectivity index (χ1) is 15.5. The number of carbonyl (C=O) groups excluding carboxylic acids is 2. The molecule has 0 aliphatic rings. The van der Waals surface area contributed by atoms with Crippen molar-refractivity contribution >= 4 is 29.1 Å². The predicted molar refractivity (Wildman–Crippen MR) is 125 cm³/mol. The first-order valence-electron chi connectivity index (χ1n) is 9.98. The Morgan fingerprint density at radius 2 is 1.62 bits per heavy atom. The number of pyridine rings is 1. The number of amides is 1. The number of anilines is 1. The molecule has 32 heavy (non-hydrogen) atoms. The molecule has 0 aliphatic heterocycles. The standard InChI is InChI=1S/C24H21N5O2S/c1-16-3-9-21(10-4-16)29-23(19-11-13-25-14-12-19)27-28-24(29)32-15-22(31)26-20-7-5-18(6-8-20)17(2)30/h3-14H,15H2,1-2H3,(H,26,31). The number of benzene rings is 2. The van der Waals surface area contributed by atoms with E-state index in [2.05, 4.69) is 20.5 Å². The highest BCUT2D eigenvalue weighted by Crippen LogP contribution is 2.28. The van der Waals surface area contributed by atoms with Crippen molar-refractivity contribution in [3.63, 3.8) is 0 Å². The summed E-state index contributed by atoms with van der Waals surface area (Å²) in [6, 6.07) is 18.6. The van der Waals surface area contributed by atoms with Crippen LogP contribution in [0.2, 0.25) is 0 Å². The number of nitrogens with one attached hydrogen (secondary N) is 1. The number of ketones is 1. The first-order valence-corrected chi connectivity index (χ1v) is 11.0. The van der Waals surface area contributed by atoms with Crippen molar-refractivity contribution in [2.45, 2.75) is 19.0 Å². The fourth-order valence-electron chi connectivity index (χ4n) is 3.09. The molecule has 2 heterocycles. The van der Waals surface area contributed by atoms with Crippen molar-refractivity contribution in [1.29, 1.82) is 0 Å². The monoisotopic (exact) mass is 443 g/mol. The first kappa shape index (κ1) is 21.5. The summed E-state index contributed by atoms with van der Waals surface area (Å²) >= 11 is 1.30. The van der Waals surface area contributed by atoms with Crippen LogP contribution in [0.4, 0.5) is 5.69 Å². The average Bonchev–Trinajstić information content (AvgIpc) is 3.23. The van der Waals surface area contributed by atoms with Crippen LogP contribution in [0.3, 0.4) is 0 Å². The molecule has 0 radical (unpaired) electrons. The summed E-state index contributed by atoms with van der Waals surface area (Å²) in [6.45, 7) is 3.54. The minimum Gasteiger partial charge on any atom is -0.325 e. The molecule has 0 unspecified atom stereocenters. The van der Waals surface area contributed by atoms with Gasteiger partial charge in [-0.2, -0.15) is 0 Å². The van der Waals surface area contributed by atoms with E-state index < -0.39 is 0 Å². The third-order valence-corrected chi connectivity index (χ3v) is 5.70. The van der Waals surface area contributed by atoms with Crippen molar-refractivity contribution < 1.29 is 9.59 Å². The largest absolute Gasteiger partial charge is 0.325 e. The summed E-state index contributed by atoms with van der Waals surface area (Å²) in [7, 11) is 0. The van der Waals surface area contributed by atoms with Crippen LogP contribution in [0.25, 0.3) is 17.1 Å². The van der Waals surface area contributed by atoms with Gasteiger partial charge in [-0.05, 0) is 62.4 Å². The number of Topliss-reactive ketones (excluding diaryl/α,β-unsaturated/α-hetero) is 1. The van der Waals surface area contributed by atoms with Crippen LogP contribution in [0.1, 0.15) is 22.8 Å². The van der Waals surface area contributed by atoms with Crippen molar-refractivity contribution in [2.24, 2.45) is 0 Å². The molecule has 1 N–H and O–H groups in total. The molecule has 8 heteroatoms. The number of hydrogen-bond acceptors (Lipinski definition) is 6. The van der Waals surface area contributed by atoms with Gasteiger partial charge in [-0.15, -0.1) is 10.2 Å². The maximum absolute atomic E-state index is 12.5. The zero-order valence-electron chi connectivity index (χ0n) is 17.6. The van der Waals surface area contributed by atoms with E-state index in [-0.39, 0.29) is 17.4 Å². The summed E-state index contributed by atoms with van der Waals surface area (Å²) in [5, 5.41) is 12.2. The van der Waals surface area contributed by atoms with Gasteiger partial charge in [0.2, 0.25) is 5.91 Å². The van der Waals surface area contributed by atoms with Crippen LogP contribution in [0.15, 0.2) is 78.2 Å². The van der Waals surface area contributed by atoms with E-state index in [4.69, 9.17) is 0 Å². The van der Waals surface area contributed by atoms with Gasteiger partial charge in [-0.25, -0.2) is 0 Å². The molecule has 0 saturated carbocycles. The van der Waals surface area contributed by atoms with Gasteiger partial charge in [0.25, 0.3) is 0 Å². The average molecular weight is 444 g/mol. The van der Waals surface area contributed by atoms with Gasteiger partial charge in [0.1, 0.15) is 0 Å². The van der Waals surface area contributed by atoms with E-state index in [0.717, 1.165) is 16.8 Å². The molecule has 0 bridgehead atoms. The maximum atomic E-state index is 12.5. The Labute approximate surface area is 189 Å². The number of aryl methyl sites for hydroxylation is 1. The Kier molecular flexibility index (Phi) is 6.42.